The fourth-order valence-corrected chi connectivity index (χ4v) is 2.77. The molecule has 1 amide bonds. The van der Waals surface area contributed by atoms with E-state index in [2.05, 4.69) is 47.7 Å². The van der Waals surface area contributed by atoms with Crippen molar-refractivity contribution in [3.8, 4) is 5.75 Å². The van der Waals surface area contributed by atoms with E-state index in [9.17, 15) is 4.79 Å². The number of anilines is 1. The Morgan fingerprint density at radius 3 is 2.59 bits per heavy atom. The van der Waals surface area contributed by atoms with Crippen molar-refractivity contribution in [2.24, 2.45) is 5.10 Å². The standard InChI is InChI=1S/C15H13Br2N3O2/c16-11-3-6-14(13(17)7-11)18-9-15(22)20-19-8-10-1-4-12(21)5-2-10/h1-8,18,21H,9H2,(H,20,22)/b19-8-. The summed E-state index contributed by atoms with van der Waals surface area (Å²) in [7, 11) is 0. The molecule has 2 aromatic rings. The number of hydrazone groups is 1. The van der Waals surface area contributed by atoms with E-state index in [1.807, 2.05) is 18.2 Å². The average molecular weight is 427 g/mol. The lowest BCUT2D eigenvalue weighted by molar-refractivity contribution is -0.119. The number of hydrogen-bond acceptors (Lipinski definition) is 4. The average Bonchev–Trinajstić information content (AvgIpc) is 2.48. The zero-order chi connectivity index (χ0) is 15.9. The molecule has 0 spiro atoms. The molecule has 0 aliphatic carbocycles. The number of rotatable bonds is 5. The van der Waals surface area contributed by atoms with Gasteiger partial charge in [-0.1, -0.05) is 15.9 Å². The number of nitrogens with zero attached hydrogens (tertiary/aromatic N) is 1. The zero-order valence-electron chi connectivity index (χ0n) is 11.4. The summed E-state index contributed by atoms with van der Waals surface area (Å²) in [5.74, 6) is -0.0738. The maximum Gasteiger partial charge on any atom is 0.259 e. The summed E-state index contributed by atoms with van der Waals surface area (Å²) < 4.78 is 1.81. The lowest BCUT2D eigenvalue weighted by Crippen LogP contribution is -2.26. The third kappa shape index (κ3) is 5.16. The summed E-state index contributed by atoms with van der Waals surface area (Å²) in [5.41, 5.74) is 4.03. The molecule has 0 aliphatic rings. The Balaban J connectivity index is 1.81. The van der Waals surface area contributed by atoms with Crippen LogP contribution in [0, 0.1) is 0 Å². The van der Waals surface area contributed by atoms with Gasteiger partial charge in [0.25, 0.3) is 5.91 Å². The fraction of sp³-hybridized carbons (Fsp3) is 0.0667. The fourth-order valence-electron chi connectivity index (χ4n) is 1.59. The number of phenols is 1. The topological polar surface area (TPSA) is 73.7 Å². The van der Waals surface area contributed by atoms with Gasteiger partial charge in [-0.2, -0.15) is 5.10 Å². The molecule has 0 radical (unpaired) electrons. The van der Waals surface area contributed by atoms with Crippen molar-refractivity contribution in [3.63, 3.8) is 0 Å². The first kappa shape index (κ1) is 16.5. The van der Waals surface area contributed by atoms with Gasteiger partial charge in [-0.3, -0.25) is 4.79 Å². The number of carbonyl (C=O) groups excluding carboxylic acids is 1. The van der Waals surface area contributed by atoms with Crippen molar-refractivity contribution in [1.29, 1.82) is 0 Å². The molecular formula is C15H13Br2N3O2. The summed E-state index contributed by atoms with van der Waals surface area (Å²) in [5, 5.41) is 16.0. The number of benzene rings is 2. The number of aromatic hydroxyl groups is 1. The first-order valence-electron chi connectivity index (χ1n) is 6.34. The monoisotopic (exact) mass is 425 g/mol. The van der Waals surface area contributed by atoms with Crippen molar-refractivity contribution in [3.05, 3.63) is 57.0 Å². The molecule has 114 valence electrons. The van der Waals surface area contributed by atoms with Crippen molar-refractivity contribution in [2.45, 2.75) is 0 Å². The molecule has 0 heterocycles. The summed E-state index contributed by atoms with van der Waals surface area (Å²) in [4.78, 5) is 11.7. The Hall–Kier alpha value is -1.86. The number of nitrogens with one attached hydrogen (secondary N) is 2. The van der Waals surface area contributed by atoms with Crippen LogP contribution >= 0.6 is 31.9 Å². The van der Waals surface area contributed by atoms with E-state index >= 15 is 0 Å². The normalized spacial score (nSPS) is 10.6. The van der Waals surface area contributed by atoms with Crippen molar-refractivity contribution >= 4 is 49.7 Å². The minimum atomic E-state index is -0.259. The van der Waals surface area contributed by atoms with Crippen molar-refractivity contribution in [2.75, 3.05) is 11.9 Å². The van der Waals surface area contributed by atoms with E-state index < -0.39 is 0 Å². The van der Waals surface area contributed by atoms with Gasteiger partial charge in [-0.15, -0.1) is 0 Å². The first-order chi connectivity index (χ1) is 10.5. The van der Waals surface area contributed by atoms with Gasteiger partial charge < -0.3 is 10.4 Å². The molecule has 0 saturated heterocycles. The van der Waals surface area contributed by atoms with Crippen LogP contribution in [0.3, 0.4) is 0 Å². The van der Waals surface area contributed by atoms with Crippen molar-refractivity contribution in [1.82, 2.24) is 5.43 Å². The van der Waals surface area contributed by atoms with E-state index in [4.69, 9.17) is 5.11 Å². The molecule has 2 aromatic carbocycles. The van der Waals surface area contributed by atoms with E-state index in [-0.39, 0.29) is 18.2 Å². The van der Waals surface area contributed by atoms with Crippen LogP contribution in [0.4, 0.5) is 5.69 Å². The van der Waals surface area contributed by atoms with Crippen LogP contribution in [0.15, 0.2) is 56.5 Å². The molecular weight excluding hydrogens is 414 g/mol. The smallest absolute Gasteiger partial charge is 0.259 e. The number of halogens is 2. The molecule has 0 atom stereocenters. The minimum Gasteiger partial charge on any atom is -0.508 e. The molecule has 2 rings (SSSR count). The molecule has 0 unspecified atom stereocenters. The van der Waals surface area contributed by atoms with Crippen LogP contribution in [0.2, 0.25) is 0 Å². The maximum atomic E-state index is 11.7. The Morgan fingerprint density at radius 2 is 1.91 bits per heavy atom. The van der Waals surface area contributed by atoms with Crippen molar-refractivity contribution < 1.29 is 9.90 Å². The van der Waals surface area contributed by atoms with Gasteiger partial charge in [-0.25, -0.2) is 5.43 Å². The molecule has 0 bridgehead atoms. The molecule has 22 heavy (non-hydrogen) atoms. The van der Waals surface area contributed by atoms with Gasteiger partial charge in [0.05, 0.1) is 12.8 Å². The van der Waals surface area contributed by atoms with Crippen LogP contribution in [0.1, 0.15) is 5.56 Å². The zero-order valence-corrected chi connectivity index (χ0v) is 14.6. The van der Waals surface area contributed by atoms with Crippen LogP contribution in [-0.4, -0.2) is 23.8 Å². The second-order valence-electron chi connectivity index (χ2n) is 4.36. The molecule has 0 aromatic heterocycles. The minimum absolute atomic E-state index is 0.104. The summed E-state index contributed by atoms with van der Waals surface area (Å²) in [6.45, 7) is 0.104. The third-order valence-corrected chi connectivity index (χ3v) is 3.82. The van der Waals surface area contributed by atoms with Gasteiger partial charge in [0.1, 0.15) is 5.75 Å². The number of carbonyl (C=O) groups is 1. The van der Waals surface area contributed by atoms with Gasteiger partial charge in [0, 0.05) is 14.6 Å². The SMILES string of the molecule is O=C(CNc1ccc(Br)cc1Br)N/N=C\c1ccc(O)cc1. The number of amides is 1. The van der Waals surface area contributed by atoms with Crippen LogP contribution < -0.4 is 10.7 Å². The highest BCUT2D eigenvalue weighted by molar-refractivity contribution is 9.11. The summed E-state index contributed by atoms with van der Waals surface area (Å²) >= 11 is 6.78. The van der Waals surface area contributed by atoms with Gasteiger partial charge in [0.15, 0.2) is 0 Å². The molecule has 3 N–H and O–H groups in total. The lowest BCUT2D eigenvalue weighted by Gasteiger charge is -2.07. The molecule has 5 nitrogen and oxygen atoms in total. The van der Waals surface area contributed by atoms with E-state index in [0.29, 0.717) is 0 Å². The van der Waals surface area contributed by atoms with E-state index in [0.717, 1.165) is 20.2 Å². The predicted octanol–water partition coefficient (Wildman–Crippen LogP) is 3.48. The molecule has 0 fully saturated rings. The quantitative estimate of drug-likeness (QED) is 0.506. The highest BCUT2D eigenvalue weighted by atomic mass is 79.9. The number of hydrogen-bond donors (Lipinski definition) is 3. The molecule has 0 saturated carbocycles. The van der Waals surface area contributed by atoms with Gasteiger partial charge in [0.2, 0.25) is 0 Å². The van der Waals surface area contributed by atoms with E-state index in [1.54, 1.807) is 24.3 Å². The van der Waals surface area contributed by atoms with Crippen LogP contribution in [-0.2, 0) is 4.79 Å². The van der Waals surface area contributed by atoms with Crippen LogP contribution in [0.25, 0.3) is 0 Å². The second-order valence-corrected chi connectivity index (χ2v) is 6.13. The third-order valence-electron chi connectivity index (χ3n) is 2.67. The summed E-state index contributed by atoms with van der Waals surface area (Å²) in [6.07, 6.45) is 1.51. The predicted molar refractivity (Wildman–Crippen MR) is 94.2 cm³/mol. The van der Waals surface area contributed by atoms with E-state index in [1.165, 1.54) is 6.21 Å². The van der Waals surface area contributed by atoms with Crippen LogP contribution in [0.5, 0.6) is 5.75 Å². The highest BCUT2D eigenvalue weighted by Gasteiger charge is 2.03. The number of phenolic OH excluding ortho intramolecular Hbond substituents is 1. The largest absolute Gasteiger partial charge is 0.508 e. The van der Waals surface area contributed by atoms with Gasteiger partial charge >= 0.3 is 0 Å². The Morgan fingerprint density at radius 1 is 1.18 bits per heavy atom. The second kappa shape index (κ2) is 7.95. The lowest BCUT2D eigenvalue weighted by atomic mass is 10.2. The Kier molecular flexibility index (Phi) is 5.97. The first-order valence-corrected chi connectivity index (χ1v) is 7.93. The molecule has 0 aliphatic heterocycles. The summed E-state index contributed by atoms with van der Waals surface area (Å²) in [6, 6.07) is 12.1. The maximum absolute atomic E-state index is 11.7. The molecule has 7 heteroatoms. The Bertz CT molecular complexity index is 688. The highest BCUT2D eigenvalue weighted by Crippen LogP contribution is 2.25. The Labute approximate surface area is 144 Å². The van der Waals surface area contributed by atoms with Gasteiger partial charge in [-0.05, 0) is 64.0 Å².